The Morgan fingerprint density at radius 2 is 1.42 bits per heavy atom. The highest BCUT2D eigenvalue weighted by molar-refractivity contribution is 6.09. The molecule has 2 aromatic heterocycles. The van der Waals surface area contributed by atoms with Crippen molar-refractivity contribution < 1.29 is 33.8 Å². The lowest BCUT2D eigenvalue weighted by Crippen LogP contribution is -2.51. The Kier molecular flexibility index (Phi) is 10.8. The molecule has 0 bridgehead atoms. The first-order chi connectivity index (χ1) is 28.5. The number of aromatic nitrogens is 4. The average Bonchev–Trinajstić information content (AvgIpc) is 4.09. The largest absolute Gasteiger partial charge is 0.453 e. The highest BCUT2D eigenvalue weighted by atomic mass is 16.5. The summed E-state index contributed by atoms with van der Waals surface area (Å²) in [6.45, 7) is 4.37. The predicted molar refractivity (Wildman–Crippen MR) is 218 cm³/mol. The summed E-state index contributed by atoms with van der Waals surface area (Å²) in [4.78, 5) is 71.1. The van der Waals surface area contributed by atoms with Gasteiger partial charge in [0, 0.05) is 36.7 Å². The summed E-state index contributed by atoms with van der Waals surface area (Å²) in [5.41, 5.74) is 8.08. The molecular formula is C44H46N8O7. The van der Waals surface area contributed by atoms with Gasteiger partial charge in [-0.15, -0.1) is 0 Å². The number of aliphatic hydroxyl groups excluding tert-OH is 1. The summed E-state index contributed by atoms with van der Waals surface area (Å²) in [5.74, 6) is 0.726. The van der Waals surface area contributed by atoms with E-state index in [1.807, 2.05) is 68.4 Å². The third kappa shape index (κ3) is 7.56. The normalized spacial score (nSPS) is 19.7. The van der Waals surface area contributed by atoms with Crippen molar-refractivity contribution in [2.24, 2.45) is 5.92 Å². The zero-order valence-corrected chi connectivity index (χ0v) is 33.2. The van der Waals surface area contributed by atoms with Crippen molar-refractivity contribution in [1.82, 2.24) is 35.5 Å². The van der Waals surface area contributed by atoms with Gasteiger partial charge in [0.1, 0.15) is 17.7 Å². The Hall–Kier alpha value is -6.74. The molecule has 4 unspecified atom stereocenters. The Bertz CT molecular complexity index is 2420. The molecule has 304 valence electrons. The Morgan fingerprint density at radius 1 is 0.831 bits per heavy atom. The number of aromatic amines is 2. The van der Waals surface area contributed by atoms with Gasteiger partial charge in [-0.1, -0.05) is 80.6 Å². The molecule has 15 heteroatoms. The second-order valence-electron chi connectivity index (χ2n) is 15.3. The molecule has 0 spiro atoms. The van der Waals surface area contributed by atoms with Crippen LogP contribution in [-0.2, 0) is 25.5 Å². The fourth-order valence-corrected chi connectivity index (χ4v) is 8.32. The molecule has 0 saturated carbocycles. The Balaban J connectivity index is 0.960. The van der Waals surface area contributed by atoms with Crippen LogP contribution in [-0.4, -0.2) is 80.7 Å². The van der Waals surface area contributed by atoms with E-state index in [0.29, 0.717) is 35.9 Å². The molecule has 15 nitrogen and oxygen atoms in total. The Morgan fingerprint density at radius 3 is 2.02 bits per heavy atom. The number of methoxy groups -OCH3 is 2. The molecule has 5 heterocycles. The highest BCUT2D eigenvalue weighted by Crippen LogP contribution is 2.48. The monoisotopic (exact) mass is 798 g/mol. The van der Waals surface area contributed by atoms with E-state index < -0.39 is 30.4 Å². The van der Waals surface area contributed by atoms with Crippen molar-refractivity contribution in [3.05, 3.63) is 114 Å². The minimum absolute atomic E-state index is 0.0344. The SMILES string of the molecule is COC(=O)NC=C1CC(O)c2cccc3c2N(C1=O)C(c1ncc(-c2ccc(-c4ccc(-c5cnc(C6CCCN6C(=O)C(NC(=O)OC)C(C)C)[nH]5)cc4)cc2)[nH]1)C3. The standard InChI is InChI=1S/C44H46N8O7/c1-24(2)37(50-44(57)59-4)42(55)51-18-6-9-34(51)39-45-22-32(48-39)27-14-10-25(11-15-27)26-12-16-28(17-13-26)33-23-46-40(49-33)35-19-29-7-5-8-31-36(53)20-30(21-47-43(56)58-3)41(54)52(35)38(29)31/h5,7-8,10-17,21-24,34-37,53H,6,9,18-20H2,1-4H3,(H,45,48)(H,46,49)(H,47,56)(H,50,57). The summed E-state index contributed by atoms with van der Waals surface area (Å²) in [6.07, 6.45) is 4.73. The molecule has 4 atom stereocenters. The quantitative estimate of drug-likeness (QED) is 0.104. The number of anilines is 1. The number of nitrogens with zero attached hydrogens (tertiary/aromatic N) is 4. The minimum atomic E-state index is -0.932. The summed E-state index contributed by atoms with van der Waals surface area (Å²) < 4.78 is 9.43. The first kappa shape index (κ1) is 39.1. The number of rotatable bonds is 9. The number of amides is 4. The van der Waals surface area contributed by atoms with E-state index in [1.54, 1.807) is 22.2 Å². The Labute approximate surface area is 340 Å². The summed E-state index contributed by atoms with van der Waals surface area (Å²) >= 11 is 0. The highest BCUT2D eigenvalue weighted by Gasteiger charge is 2.43. The molecule has 3 aromatic carbocycles. The molecule has 59 heavy (non-hydrogen) atoms. The second-order valence-corrected chi connectivity index (χ2v) is 15.3. The van der Waals surface area contributed by atoms with E-state index in [1.165, 1.54) is 20.4 Å². The molecule has 4 amide bonds. The van der Waals surface area contributed by atoms with Crippen LogP contribution in [0.25, 0.3) is 33.6 Å². The zero-order valence-electron chi connectivity index (χ0n) is 33.2. The second kappa shape index (κ2) is 16.3. The third-order valence-corrected chi connectivity index (χ3v) is 11.4. The lowest BCUT2D eigenvalue weighted by Gasteiger charge is -2.30. The van der Waals surface area contributed by atoms with Gasteiger partial charge in [0.2, 0.25) is 5.91 Å². The van der Waals surface area contributed by atoms with Crippen molar-refractivity contribution in [3.8, 4) is 33.6 Å². The molecule has 0 aliphatic carbocycles. The molecule has 5 aromatic rings. The molecule has 3 aliphatic heterocycles. The number of likely N-dealkylation sites (tertiary alicyclic amines) is 1. The van der Waals surface area contributed by atoms with Gasteiger partial charge in [-0.3, -0.25) is 19.8 Å². The van der Waals surface area contributed by atoms with E-state index in [0.717, 1.165) is 52.0 Å². The van der Waals surface area contributed by atoms with Gasteiger partial charge in [-0.2, -0.15) is 0 Å². The molecule has 8 rings (SSSR count). The van der Waals surface area contributed by atoms with Gasteiger partial charge in [-0.25, -0.2) is 19.6 Å². The number of carbonyl (C=O) groups excluding carboxylic acids is 4. The van der Waals surface area contributed by atoms with Crippen LogP contribution in [0.4, 0.5) is 15.3 Å². The summed E-state index contributed by atoms with van der Waals surface area (Å²) in [6, 6.07) is 20.6. The molecule has 5 N–H and O–H groups in total. The van der Waals surface area contributed by atoms with Crippen LogP contribution in [0.2, 0.25) is 0 Å². The van der Waals surface area contributed by atoms with Crippen molar-refractivity contribution in [2.45, 2.75) is 63.8 Å². The van der Waals surface area contributed by atoms with Crippen LogP contribution in [0.15, 0.2) is 90.9 Å². The number of benzene rings is 3. The van der Waals surface area contributed by atoms with Crippen molar-refractivity contribution >= 4 is 29.7 Å². The smallest absolute Gasteiger partial charge is 0.410 e. The molecular weight excluding hydrogens is 753 g/mol. The van der Waals surface area contributed by atoms with E-state index >= 15 is 0 Å². The number of carbonyl (C=O) groups is 4. The number of H-pyrrole nitrogens is 2. The topological polar surface area (TPSA) is 195 Å². The fourth-order valence-electron chi connectivity index (χ4n) is 8.32. The summed E-state index contributed by atoms with van der Waals surface area (Å²) in [5, 5.41) is 16.3. The van der Waals surface area contributed by atoms with E-state index in [2.05, 4.69) is 42.5 Å². The number of hydrogen-bond acceptors (Lipinski definition) is 9. The maximum Gasteiger partial charge on any atom is 0.410 e. The van der Waals surface area contributed by atoms with Crippen LogP contribution in [0, 0.1) is 5.92 Å². The maximum absolute atomic E-state index is 14.0. The van der Waals surface area contributed by atoms with Gasteiger partial charge in [0.05, 0.1) is 61.9 Å². The van der Waals surface area contributed by atoms with Crippen molar-refractivity contribution in [1.29, 1.82) is 0 Å². The van der Waals surface area contributed by atoms with Gasteiger partial charge in [-0.05, 0) is 46.6 Å². The number of ether oxygens (including phenoxy) is 2. The first-order valence-corrected chi connectivity index (χ1v) is 19.7. The van der Waals surface area contributed by atoms with Crippen LogP contribution in [0.5, 0.6) is 0 Å². The van der Waals surface area contributed by atoms with Gasteiger partial charge >= 0.3 is 12.2 Å². The van der Waals surface area contributed by atoms with E-state index in [9.17, 15) is 24.3 Å². The van der Waals surface area contributed by atoms with Crippen LogP contribution < -0.4 is 15.5 Å². The lowest BCUT2D eigenvalue weighted by atomic mass is 9.99. The number of hydrogen-bond donors (Lipinski definition) is 5. The molecule has 0 radical (unpaired) electrons. The molecule has 3 aliphatic rings. The van der Waals surface area contributed by atoms with Crippen molar-refractivity contribution in [2.75, 3.05) is 25.7 Å². The number of imidazole rings is 2. The van der Waals surface area contributed by atoms with Crippen molar-refractivity contribution in [3.63, 3.8) is 0 Å². The fraction of sp³-hybridized carbons (Fsp3) is 0.318. The minimum Gasteiger partial charge on any atom is -0.453 e. The molecule has 1 fully saturated rings. The van der Waals surface area contributed by atoms with E-state index in [4.69, 9.17) is 9.72 Å². The molecule has 1 saturated heterocycles. The number of alkyl carbamates (subject to hydrolysis) is 2. The van der Waals surface area contributed by atoms with E-state index in [-0.39, 0.29) is 35.8 Å². The van der Waals surface area contributed by atoms with Gasteiger partial charge < -0.3 is 34.8 Å². The van der Waals surface area contributed by atoms with Crippen LogP contribution in [0.3, 0.4) is 0 Å². The maximum atomic E-state index is 14.0. The average molecular weight is 799 g/mol. The number of aliphatic hydroxyl groups is 1. The number of nitrogens with one attached hydrogen (secondary N) is 4. The summed E-state index contributed by atoms with van der Waals surface area (Å²) in [7, 11) is 2.52. The van der Waals surface area contributed by atoms with Crippen LogP contribution in [0.1, 0.15) is 74.1 Å². The van der Waals surface area contributed by atoms with Gasteiger partial charge in [0.15, 0.2) is 0 Å². The zero-order chi connectivity index (χ0) is 41.4. The van der Waals surface area contributed by atoms with Gasteiger partial charge in [0.25, 0.3) is 5.91 Å². The number of para-hydroxylation sites is 1. The lowest BCUT2D eigenvalue weighted by molar-refractivity contribution is -0.135. The van der Waals surface area contributed by atoms with Crippen LogP contribution >= 0.6 is 0 Å². The predicted octanol–water partition coefficient (Wildman–Crippen LogP) is 6.49. The third-order valence-electron chi connectivity index (χ3n) is 11.4. The first-order valence-electron chi connectivity index (χ1n) is 19.7.